The van der Waals surface area contributed by atoms with E-state index in [0.717, 1.165) is 37.1 Å². The zero-order valence-corrected chi connectivity index (χ0v) is 16.5. The minimum Gasteiger partial charge on any atom is -0.872 e. The van der Waals surface area contributed by atoms with Gasteiger partial charge < -0.3 is 10.2 Å². The number of para-hydroxylation sites is 2. The molecule has 0 unspecified atom stereocenters. The Bertz CT molecular complexity index is 628. The summed E-state index contributed by atoms with van der Waals surface area (Å²) in [6.45, 7) is 6.15. The molecule has 0 aliphatic rings. The Labute approximate surface area is 166 Å². The molecule has 27 heavy (non-hydrogen) atoms. The van der Waals surface area contributed by atoms with Crippen LogP contribution in [0.4, 0.5) is 0 Å². The summed E-state index contributed by atoms with van der Waals surface area (Å²) in [5, 5.41) is 22.4. The largest absolute Gasteiger partial charge is 2.00 e. The van der Waals surface area contributed by atoms with Gasteiger partial charge in [0.15, 0.2) is 12.4 Å². The molecule has 0 aliphatic heterocycles. The maximum absolute atomic E-state index is 11.2. The Morgan fingerprint density at radius 3 is 1.41 bits per heavy atom. The van der Waals surface area contributed by atoms with E-state index in [1.54, 1.807) is 36.7 Å². The van der Waals surface area contributed by atoms with Crippen LogP contribution >= 0.6 is 0 Å². The summed E-state index contributed by atoms with van der Waals surface area (Å²) < 4.78 is 0. The number of hydrogen-bond acceptors (Lipinski definition) is 2. The Hall–Kier alpha value is -2.45. The Kier molecular flexibility index (Phi) is 14.3. The third kappa shape index (κ3) is 11.0. The topological polar surface area (TPSA) is 74.1 Å². The first-order valence-electron chi connectivity index (χ1n) is 9.34. The van der Waals surface area contributed by atoms with Gasteiger partial charge in [0.1, 0.15) is 13.1 Å². The Balaban J connectivity index is 0.000000483. The van der Waals surface area contributed by atoms with Crippen LogP contribution in [0, 0.1) is 0 Å². The molecule has 2 N–H and O–H groups in total. The third-order valence-corrected chi connectivity index (χ3v) is 3.70. The van der Waals surface area contributed by atoms with Crippen LogP contribution in [0.2, 0.25) is 0 Å². The molecule has 5 heteroatoms. The average Bonchev–Trinajstić information content (AvgIpc) is 2.66. The molecule has 0 saturated carbocycles. The average molecular weight is 364 g/mol. The first kappa shape index (κ1) is 24.5. The van der Waals surface area contributed by atoms with Crippen molar-refractivity contribution in [3.8, 4) is 11.5 Å². The molecule has 0 amide bonds. The van der Waals surface area contributed by atoms with Gasteiger partial charge in [-0.3, -0.25) is 0 Å². The van der Waals surface area contributed by atoms with Gasteiger partial charge in [-0.15, -0.1) is 0 Å². The predicted molar refractivity (Wildman–Crippen MR) is 109 cm³/mol. The van der Waals surface area contributed by atoms with Crippen LogP contribution < -0.4 is 20.2 Å². The SMILES string of the molecule is CCCC[NH+]=Cc1ccccc1[O-].CCCC[NH+]=Cc1ccccc1[O-].[Be+2]. The minimum atomic E-state index is 0. The van der Waals surface area contributed by atoms with E-state index < -0.39 is 0 Å². The van der Waals surface area contributed by atoms with Gasteiger partial charge in [-0.05, 0) is 12.1 Å². The minimum absolute atomic E-state index is 0. The van der Waals surface area contributed by atoms with Crippen LogP contribution in [0.3, 0.4) is 0 Å². The third-order valence-electron chi connectivity index (χ3n) is 3.70. The second kappa shape index (κ2) is 15.8. The molecular formula is C22H30BeN2O2+2. The van der Waals surface area contributed by atoms with Crippen molar-refractivity contribution < 1.29 is 20.2 Å². The van der Waals surface area contributed by atoms with Gasteiger partial charge in [-0.2, -0.15) is 0 Å². The smallest absolute Gasteiger partial charge is 0.872 e. The second-order valence-electron chi connectivity index (χ2n) is 5.98. The van der Waals surface area contributed by atoms with E-state index in [1.807, 2.05) is 24.3 Å². The maximum atomic E-state index is 11.2. The van der Waals surface area contributed by atoms with E-state index in [1.165, 1.54) is 12.8 Å². The second-order valence-corrected chi connectivity index (χ2v) is 5.98. The van der Waals surface area contributed by atoms with E-state index >= 15 is 0 Å². The van der Waals surface area contributed by atoms with Crippen molar-refractivity contribution in [3.63, 3.8) is 0 Å². The van der Waals surface area contributed by atoms with Gasteiger partial charge >= 0.3 is 10.1 Å². The summed E-state index contributed by atoms with van der Waals surface area (Å²) in [7, 11) is 0. The fourth-order valence-corrected chi connectivity index (χ4v) is 2.12. The zero-order chi connectivity index (χ0) is 19.0. The van der Waals surface area contributed by atoms with Gasteiger partial charge in [-0.1, -0.05) is 74.6 Å². The molecule has 0 spiro atoms. The molecule has 2 aromatic carbocycles. The van der Waals surface area contributed by atoms with Crippen LogP contribution in [0.15, 0.2) is 48.5 Å². The fourth-order valence-electron chi connectivity index (χ4n) is 2.12. The summed E-state index contributed by atoms with van der Waals surface area (Å²) in [5.41, 5.74) is 1.47. The number of rotatable bonds is 8. The van der Waals surface area contributed by atoms with Crippen LogP contribution in [0.25, 0.3) is 0 Å². The molecule has 0 radical (unpaired) electrons. The summed E-state index contributed by atoms with van der Waals surface area (Å²) in [6, 6.07) is 14.0. The number of hydrogen-bond donors (Lipinski definition) is 2. The van der Waals surface area contributed by atoms with Gasteiger partial charge in [0.25, 0.3) is 0 Å². The molecule has 0 bridgehead atoms. The van der Waals surface area contributed by atoms with Crippen LogP contribution in [0.1, 0.15) is 50.7 Å². The van der Waals surface area contributed by atoms with Crippen molar-refractivity contribution in [2.24, 2.45) is 0 Å². The van der Waals surface area contributed by atoms with Crippen molar-refractivity contribution in [1.29, 1.82) is 0 Å². The molecule has 0 aromatic heterocycles. The number of unbranched alkanes of at least 4 members (excludes halogenated alkanes) is 2. The number of benzene rings is 2. The molecule has 0 saturated heterocycles. The van der Waals surface area contributed by atoms with Crippen LogP contribution in [0.5, 0.6) is 11.5 Å². The predicted octanol–water partition coefficient (Wildman–Crippen LogP) is -0.261. The van der Waals surface area contributed by atoms with Gasteiger partial charge in [0.05, 0.1) is 0 Å². The summed E-state index contributed by atoms with van der Waals surface area (Å²) in [5.74, 6) is 0.151. The summed E-state index contributed by atoms with van der Waals surface area (Å²) in [4.78, 5) is 6.24. The van der Waals surface area contributed by atoms with E-state index in [0.29, 0.717) is 0 Å². The molecule has 0 atom stereocenters. The van der Waals surface area contributed by atoms with Gasteiger partial charge in [0.2, 0.25) is 0 Å². The van der Waals surface area contributed by atoms with Crippen LogP contribution in [-0.4, -0.2) is 35.6 Å². The van der Waals surface area contributed by atoms with E-state index in [9.17, 15) is 10.2 Å². The van der Waals surface area contributed by atoms with Gasteiger partial charge in [0, 0.05) is 24.0 Å². The standard InChI is InChI=1S/2C11H15NO.Be/c2*1-2-3-8-12-9-10-6-4-5-7-11(10)13;/h2*4-7,9,13H,2-3,8H2,1H3;/q;;+2. The molecule has 0 heterocycles. The van der Waals surface area contributed by atoms with Crippen molar-refractivity contribution in [1.82, 2.24) is 0 Å². The van der Waals surface area contributed by atoms with Crippen molar-refractivity contribution in [2.75, 3.05) is 13.1 Å². The van der Waals surface area contributed by atoms with Crippen molar-refractivity contribution >= 4 is 22.6 Å². The first-order valence-corrected chi connectivity index (χ1v) is 9.34. The molecule has 0 aliphatic carbocycles. The Morgan fingerprint density at radius 2 is 1.07 bits per heavy atom. The monoisotopic (exact) mass is 363 g/mol. The maximum Gasteiger partial charge on any atom is 2.00 e. The molecule has 4 nitrogen and oxygen atoms in total. The molecule has 0 fully saturated rings. The molecule has 2 rings (SSSR count). The zero-order valence-electron chi connectivity index (χ0n) is 16.5. The van der Waals surface area contributed by atoms with E-state index in [2.05, 4.69) is 23.8 Å². The van der Waals surface area contributed by atoms with Crippen molar-refractivity contribution in [2.45, 2.75) is 39.5 Å². The summed E-state index contributed by atoms with van der Waals surface area (Å²) in [6.07, 6.45) is 8.19. The van der Waals surface area contributed by atoms with Crippen molar-refractivity contribution in [3.05, 3.63) is 59.7 Å². The first-order chi connectivity index (χ1) is 12.7. The molecular weight excluding hydrogens is 333 g/mol. The van der Waals surface area contributed by atoms with Crippen LogP contribution in [-0.2, 0) is 0 Å². The fraction of sp³-hybridized carbons (Fsp3) is 0.364. The van der Waals surface area contributed by atoms with Gasteiger partial charge in [-0.25, -0.2) is 9.98 Å². The quantitative estimate of drug-likeness (QED) is 0.385. The molecule has 140 valence electrons. The Morgan fingerprint density at radius 1 is 0.704 bits per heavy atom. The van der Waals surface area contributed by atoms with E-state index in [-0.39, 0.29) is 21.6 Å². The van der Waals surface area contributed by atoms with E-state index in [4.69, 9.17) is 0 Å². The normalized spacial score (nSPS) is 10.4. The summed E-state index contributed by atoms with van der Waals surface area (Å²) >= 11 is 0. The number of nitrogens with one attached hydrogen (secondary N) is 2. The molecule has 2 aromatic rings.